The van der Waals surface area contributed by atoms with Crippen molar-refractivity contribution in [1.82, 2.24) is 14.0 Å². The Labute approximate surface area is 170 Å². The Kier molecular flexibility index (Phi) is 4.79. The predicted octanol–water partition coefficient (Wildman–Crippen LogP) is 3.19. The van der Waals surface area contributed by atoms with E-state index < -0.39 is 11.9 Å². The number of pyridine rings is 1. The fourth-order valence-electron chi connectivity index (χ4n) is 3.26. The highest BCUT2D eigenvalue weighted by atomic mass is 32.1. The van der Waals surface area contributed by atoms with Gasteiger partial charge in [-0.15, -0.1) is 0 Å². The maximum atomic E-state index is 13.1. The first-order valence-corrected chi connectivity index (χ1v) is 9.91. The SMILES string of the molecule is COC(=O)Cn1c(=NC(=O)c2c(C)nc3ccccn23)sc2cc(C)c(C)cc21. The van der Waals surface area contributed by atoms with Crippen molar-refractivity contribution in [3.8, 4) is 0 Å². The molecule has 1 amide bonds. The number of hydrogen-bond acceptors (Lipinski definition) is 5. The molecule has 29 heavy (non-hydrogen) atoms. The minimum Gasteiger partial charge on any atom is -0.468 e. The molecule has 0 radical (unpaired) electrons. The van der Waals surface area contributed by atoms with Gasteiger partial charge >= 0.3 is 5.97 Å². The van der Waals surface area contributed by atoms with Gasteiger partial charge in [0.25, 0.3) is 5.91 Å². The van der Waals surface area contributed by atoms with Crippen LogP contribution in [-0.2, 0) is 16.1 Å². The summed E-state index contributed by atoms with van der Waals surface area (Å²) in [7, 11) is 1.34. The highest BCUT2D eigenvalue weighted by molar-refractivity contribution is 7.16. The highest BCUT2D eigenvalue weighted by Crippen LogP contribution is 2.22. The number of thiazole rings is 1. The largest absolute Gasteiger partial charge is 0.468 e. The van der Waals surface area contributed by atoms with E-state index in [9.17, 15) is 9.59 Å². The lowest BCUT2D eigenvalue weighted by atomic mass is 10.1. The Balaban J connectivity index is 1.93. The normalized spacial score (nSPS) is 12.1. The molecule has 0 unspecified atom stereocenters. The van der Waals surface area contributed by atoms with Gasteiger partial charge in [-0.2, -0.15) is 4.99 Å². The monoisotopic (exact) mass is 408 g/mol. The predicted molar refractivity (Wildman–Crippen MR) is 111 cm³/mol. The van der Waals surface area contributed by atoms with Gasteiger partial charge in [0, 0.05) is 6.20 Å². The lowest BCUT2D eigenvalue weighted by Gasteiger charge is -2.05. The van der Waals surface area contributed by atoms with Crippen molar-refractivity contribution >= 4 is 39.1 Å². The van der Waals surface area contributed by atoms with Crippen LogP contribution >= 0.6 is 11.3 Å². The number of imidazole rings is 1. The van der Waals surface area contributed by atoms with Crippen molar-refractivity contribution in [2.45, 2.75) is 27.3 Å². The van der Waals surface area contributed by atoms with Gasteiger partial charge in [0.1, 0.15) is 17.9 Å². The van der Waals surface area contributed by atoms with Crippen molar-refractivity contribution < 1.29 is 14.3 Å². The van der Waals surface area contributed by atoms with Gasteiger partial charge in [0.05, 0.1) is 23.0 Å². The van der Waals surface area contributed by atoms with Crippen molar-refractivity contribution in [1.29, 1.82) is 0 Å². The van der Waals surface area contributed by atoms with Crippen molar-refractivity contribution in [2.24, 2.45) is 4.99 Å². The van der Waals surface area contributed by atoms with Crippen LogP contribution in [0, 0.1) is 20.8 Å². The van der Waals surface area contributed by atoms with Crippen molar-refractivity contribution in [3.63, 3.8) is 0 Å². The molecule has 4 rings (SSSR count). The summed E-state index contributed by atoms with van der Waals surface area (Å²) in [5, 5.41) is 0. The van der Waals surface area contributed by atoms with Crippen LogP contribution in [0.25, 0.3) is 15.9 Å². The van der Waals surface area contributed by atoms with E-state index in [0.717, 1.165) is 21.3 Å². The molecular formula is C21H20N4O3S. The summed E-state index contributed by atoms with van der Waals surface area (Å²) in [6.45, 7) is 5.81. The molecule has 7 nitrogen and oxygen atoms in total. The van der Waals surface area contributed by atoms with E-state index in [1.54, 1.807) is 22.1 Å². The summed E-state index contributed by atoms with van der Waals surface area (Å²) in [5.74, 6) is -0.803. The van der Waals surface area contributed by atoms with Crippen LogP contribution in [0.3, 0.4) is 0 Å². The fraction of sp³-hybridized carbons (Fsp3) is 0.238. The van der Waals surface area contributed by atoms with Gasteiger partial charge in [0.15, 0.2) is 4.80 Å². The number of fused-ring (bicyclic) bond motifs is 2. The summed E-state index contributed by atoms with van der Waals surface area (Å²) in [4.78, 5) is 34.3. The molecule has 4 aromatic rings. The summed E-state index contributed by atoms with van der Waals surface area (Å²) < 4.78 is 9.26. The van der Waals surface area contributed by atoms with Gasteiger partial charge in [-0.25, -0.2) is 4.98 Å². The van der Waals surface area contributed by atoms with Crippen LogP contribution < -0.4 is 4.80 Å². The minimum absolute atomic E-state index is 0.0166. The second kappa shape index (κ2) is 7.29. The van der Waals surface area contributed by atoms with E-state index in [1.807, 2.05) is 44.2 Å². The third kappa shape index (κ3) is 3.36. The number of amides is 1. The molecule has 0 spiro atoms. The molecule has 0 aliphatic carbocycles. The van der Waals surface area contributed by atoms with Crippen molar-refractivity contribution in [3.05, 3.63) is 63.8 Å². The molecule has 0 saturated heterocycles. The van der Waals surface area contributed by atoms with Crippen LogP contribution in [0.4, 0.5) is 0 Å². The third-order valence-corrected chi connectivity index (χ3v) is 5.96. The highest BCUT2D eigenvalue weighted by Gasteiger charge is 2.18. The van der Waals surface area contributed by atoms with Gasteiger partial charge in [-0.1, -0.05) is 17.4 Å². The Hall–Kier alpha value is -3.26. The molecule has 0 aliphatic heterocycles. The average Bonchev–Trinajstić information content (AvgIpc) is 3.18. The summed E-state index contributed by atoms with van der Waals surface area (Å²) >= 11 is 1.37. The maximum absolute atomic E-state index is 13.1. The van der Waals surface area contributed by atoms with E-state index in [4.69, 9.17) is 4.74 Å². The number of aryl methyl sites for hydroxylation is 3. The molecule has 0 atom stereocenters. The number of benzene rings is 1. The number of esters is 1. The molecule has 0 bridgehead atoms. The second-order valence-corrected chi connectivity index (χ2v) is 7.85. The first kappa shape index (κ1) is 19.1. The summed E-state index contributed by atoms with van der Waals surface area (Å²) in [6, 6.07) is 9.60. The maximum Gasteiger partial charge on any atom is 0.325 e. The number of carbonyl (C=O) groups is 2. The molecule has 148 valence electrons. The topological polar surface area (TPSA) is 78.0 Å². The number of carbonyl (C=O) groups excluding carboxylic acids is 2. The quantitative estimate of drug-likeness (QED) is 0.488. The standard InChI is InChI=1S/C21H20N4O3S/c1-12-9-15-16(10-13(12)2)29-21(25(15)11-18(26)28-4)23-20(27)19-14(3)22-17-7-5-6-8-24(17)19/h5-10H,11H2,1-4H3. The van der Waals surface area contributed by atoms with Crippen LogP contribution in [0.15, 0.2) is 41.5 Å². The molecular weight excluding hydrogens is 388 g/mol. The first-order chi connectivity index (χ1) is 13.9. The van der Waals surface area contributed by atoms with Crippen LogP contribution in [0.5, 0.6) is 0 Å². The molecule has 0 fully saturated rings. The zero-order valence-electron chi connectivity index (χ0n) is 16.6. The molecule has 1 aromatic carbocycles. The Morgan fingerprint density at radius 2 is 1.93 bits per heavy atom. The summed E-state index contributed by atoms with van der Waals surface area (Å²) in [6.07, 6.45) is 1.79. The van der Waals surface area contributed by atoms with Gasteiger partial charge in [-0.3, -0.25) is 14.0 Å². The van der Waals surface area contributed by atoms with Crippen LogP contribution in [0.2, 0.25) is 0 Å². The number of nitrogens with zero attached hydrogens (tertiary/aromatic N) is 4. The van der Waals surface area contributed by atoms with Gasteiger partial charge in [0.2, 0.25) is 0 Å². The van der Waals surface area contributed by atoms with E-state index in [1.165, 1.54) is 18.4 Å². The lowest BCUT2D eigenvalue weighted by Crippen LogP contribution is -2.22. The van der Waals surface area contributed by atoms with E-state index in [2.05, 4.69) is 9.98 Å². The number of methoxy groups -OCH3 is 1. The zero-order chi connectivity index (χ0) is 20.7. The first-order valence-electron chi connectivity index (χ1n) is 9.09. The molecule has 0 N–H and O–H groups in total. The Bertz CT molecular complexity index is 1340. The van der Waals surface area contributed by atoms with Crippen LogP contribution in [0.1, 0.15) is 27.3 Å². The smallest absolute Gasteiger partial charge is 0.325 e. The second-order valence-electron chi connectivity index (χ2n) is 6.84. The number of hydrogen-bond donors (Lipinski definition) is 0. The van der Waals surface area contributed by atoms with Gasteiger partial charge in [-0.05, 0) is 56.2 Å². The van der Waals surface area contributed by atoms with E-state index >= 15 is 0 Å². The van der Waals surface area contributed by atoms with Crippen LogP contribution in [-0.4, -0.2) is 32.9 Å². The average molecular weight is 408 g/mol. The number of ether oxygens (including phenoxy) is 1. The Morgan fingerprint density at radius 1 is 1.17 bits per heavy atom. The lowest BCUT2D eigenvalue weighted by molar-refractivity contribution is -0.141. The van der Waals surface area contributed by atoms with E-state index in [0.29, 0.717) is 21.8 Å². The third-order valence-electron chi connectivity index (χ3n) is 4.92. The molecule has 8 heteroatoms. The van der Waals surface area contributed by atoms with Crippen molar-refractivity contribution in [2.75, 3.05) is 7.11 Å². The molecule has 3 heterocycles. The zero-order valence-corrected chi connectivity index (χ0v) is 17.4. The van der Waals surface area contributed by atoms with E-state index in [-0.39, 0.29) is 6.54 Å². The number of aromatic nitrogens is 3. The Morgan fingerprint density at radius 3 is 2.69 bits per heavy atom. The van der Waals surface area contributed by atoms with Gasteiger partial charge < -0.3 is 9.30 Å². The minimum atomic E-state index is -0.403. The molecule has 0 aliphatic rings. The number of rotatable bonds is 3. The summed E-state index contributed by atoms with van der Waals surface area (Å²) in [5.41, 5.74) is 4.80. The molecule has 0 saturated carbocycles. The molecule has 3 aromatic heterocycles. The fourth-order valence-corrected chi connectivity index (χ4v) is 4.37.